The van der Waals surface area contributed by atoms with E-state index in [4.69, 9.17) is 21.1 Å². The monoisotopic (exact) mass is 522 g/mol. The predicted molar refractivity (Wildman–Crippen MR) is 143 cm³/mol. The van der Waals surface area contributed by atoms with Gasteiger partial charge >= 0.3 is 11.8 Å². The summed E-state index contributed by atoms with van der Waals surface area (Å²) in [7, 11) is 1.46. The number of rotatable bonds is 9. The van der Waals surface area contributed by atoms with E-state index in [0.29, 0.717) is 39.9 Å². The maximum Gasteiger partial charge on any atom is 0.329 e. The van der Waals surface area contributed by atoms with Gasteiger partial charge in [0.15, 0.2) is 18.1 Å². The van der Waals surface area contributed by atoms with Gasteiger partial charge in [0.25, 0.3) is 5.91 Å². The van der Waals surface area contributed by atoms with Crippen LogP contribution in [0.5, 0.6) is 11.5 Å². The second-order valence-electron chi connectivity index (χ2n) is 7.87. The number of halogens is 1. The molecule has 0 aromatic heterocycles. The number of benzene rings is 3. The molecule has 9 nitrogen and oxygen atoms in total. The van der Waals surface area contributed by atoms with E-state index in [1.54, 1.807) is 42.5 Å². The number of carbonyl (C=O) groups is 3. The van der Waals surface area contributed by atoms with Gasteiger partial charge in [0.05, 0.1) is 13.3 Å². The Balaban J connectivity index is 1.55. The summed E-state index contributed by atoms with van der Waals surface area (Å²) < 4.78 is 10.9. The molecule has 0 aliphatic heterocycles. The minimum Gasteiger partial charge on any atom is -0.493 e. The lowest BCUT2D eigenvalue weighted by molar-refractivity contribution is -0.136. The molecule has 0 bridgehead atoms. The molecule has 0 aliphatic carbocycles. The summed E-state index contributed by atoms with van der Waals surface area (Å²) in [5.41, 5.74) is 5.73. The number of carbonyl (C=O) groups excluding carboxylic acids is 3. The number of hydrogen-bond donors (Lipinski definition) is 3. The van der Waals surface area contributed by atoms with E-state index in [-0.39, 0.29) is 12.5 Å². The highest BCUT2D eigenvalue weighted by Gasteiger charge is 2.14. The summed E-state index contributed by atoms with van der Waals surface area (Å²) in [5, 5.41) is 9.68. The van der Waals surface area contributed by atoms with Crippen LogP contribution in [-0.4, -0.2) is 37.7 Å². The van der Waals surface area contributed by atoms with Gasteiger partial charge in [-0.3, -0.25) is 14.4 Å². The average Bonchev–Trinajstić information content (AvgIpc) is 2.90. The SMILES string of the molecule is CCc1ccccc1NC(=O)C(=O)N/N=C\c1ccc(OCC(=O)Nc2cc(Cl)ccc2C)c(OC)c1. The van der Waals surface area contributed by atoms with Crippen LogP contribution >= 0.6 is 11.6 Å². The molecule has 192 valence electrons. The van der Waals surface area contributed by atoms with Gasteiger partial charge in [-0.15, -0.1) is 0 Å². The highest BCUT2D eigenvalue weighted by molar-refractivity contribution is 6.39. The van der Waals surface area contributed by atoms with Crippen LogP contribution in [0.1, 0.15) is 23.6 Å². The fourth-order valence-corrected chi connectivity index (χ4v) is 3.46. The molecule has 0 aliphatic rings. The number of anilines is 2. The van der Waals surface area contributed by atoms with Crippen LogP contribution < -0.4 is 25.5 Å². The predicted octanol–water partition coefficient (Wildman–Crippen LogP) is 4.33. The first-order valence-electron chi connectivity index (χ1n) is 11.4. The van der Waals surface area contributed by atoms with Crippen LogP contribution in [0.3, 0.4) is 0 Å². The van der Waals surface area contributed by atoms with Gasteiger partial charge < -0.3 is 20.1 Å². The molecule has 0 fully saturated rings. The van der Waals surface area contributed by atoms with Crippen LogP contribution in [0.25, 0.3) is 0 Å². The Morgan fingerprint density at radius 1 is 0.946 bits per heavy atom. The van der Waals surface area contributed by atoms with Gasteiger partial charge in [-0.2, -0.15) is 5.10 Å². The van der Waals surface area contributed by atoms with Crippen molar-refractivity contribution in [1.29, 1.82) is 0 Å². The molecule has 0 saturated heterocycles. The highest BCUT2D eigenvalue weighted by atomic mass is 35.5. The standard InChI is InChI=1S/C27H27ClN4O5/c1-4-19-7-5-6-8-21(19)31-26(34)27(35)32-29-15-18-10-12-23(24(13-18)36-3)37-16-25(33)30-22-14-20(28)11-9-17(22)2/h5-15H,4,16H2,1-3H3,(H,30,33)(H,31,34)(H,32,35)/b29-15-. The normalized spacial score (nSPS) is 10.6. The first-order valence-corrected chi connectivity index (χ1v) is 11.8. The number of para-hydroxylation sites is 1. The second-order valence-corrected chi connectivity index (χ2v) is 8.31. The van der Waals surface area contributed by atoms with E-state index in [2.05, 4.69) is 21.2 Å². The van der Waals surface area contributed by atoms with Crippen molar-refractivity contribution in [3.63, 3.8) is 0 Å². The molecule has 0 heterocycles. The second kappa shape index (κ2) is 13.1. The van der Waals surface area contributed by atoms with Crippen molar-refractivity contribution >= 4 is 46.9 Å². The molecule has 0 radical (unpaired) electrons. The molecule has 3 amide bonds. The lowest BCUT2D eigenvalue weighted by atomic mass is 10.1. The molecule has 0 atom stereocenters. The minimum atomic E-state index is -0.907. The van der Waals surface area contributed by atoms with E-state index in [1.165, 1.54) is 13.3 Å². The maximum absolute atomic E-state index is 12.3. The van der Waals surface area contributed by atoms with E-state index in [9.17, 15) is 14.4 Å². The molecule has 3 rings (SSSR count). The number of ether oxygens (including phenoxy) is 2. The van der Waals surface area contributed by atoms with Gasteiger partial charge in [-0.25, -0.2) is 5.43 Å². The lowest BCUT2D eigenvalue weighted by Gasteiger charge is -2.12. The zero-order valence-corrected chi connectivity index (χ0v) is 21.4. The number of nitrogens with zero attached hydrogens (tertiary/aromatic N) is 1. The number of methoxy groups -OCH3 is 1. The van der Waals surface area contributed by atoms with Crippen molar-refractivity contribution < 1.29 is 23.9 Å². The Morgan fingerprint density at radius 3 is 2.49 bits per heavy atom. The number of nitrogens with one attached hydrogen (secondary N) is 3. The Bertz CT molecular complexity index is 1330. The number of aryl methyl sites for hydroxylation is 2. The van der Waals surface area contributed by atoms with Gasteiger partial charge in [-0.1, -0.05) is 42.8 Å². The van der Waals surface area contributed by atoms with Crippen LogP contribution in [-0.2, 0) is 20.8 Å². The largest absolute Gasteiger partial charge is 0.493 e. The third kappa shape index (κ3) is 7.81. The quantitative estimate of drug-likeness (QED) is 0.220. The molecule has 10 heteroatoms. The fourth-order valence-electron chi connectivity index (χ4n) is 3.29. The highest BCUT2D eigenvalue weighted by Crippen LogP contribution is 2.28. The maximum atomic E-state index is 12.3. The van der Waals surface area contributed by atoms with Crippen LogP contribution in [0.2, 0.25) is 5.02 Å². The number of hydrogen-bond acceptors (Lipinski definition) is 6. The average molecular weight is 523 g/mol. The first-order chi connectivity index (χ1) is 17.8. The van der Waals surface area contributed by atoms with Crippen molar-refractivity contribution in [1.82, 2.24) is 5.43 Å². The van der Waals surface area contributed by atoms with Crippen LogP contribution in [0.4, 0.5) is 11.4 Å². The number of amides is 3. The molecule has 0 saturated carbocycles. The van der Waals surface area contributed by atoms with Gasteiger partial charge in [0, 0.05) is 16.4 Å². The molecule has 3 aromatic carbocycles. The molecule has 3 aromatic rings. The molecule has 3 N–H and O–H groups in total. The molecular formula is C27H27ClN4O5. The Kier molecular flexibility index (Phi) is 9.62. The van der Waals surface area contributed by atoms with Gasteiger partial charge in [0.2, 0.25) is 0 Å². The Morgan fingerprint density at radius 2 is 1.73 bits per heavy atom. The summed E-state index contributed by atoms with van der Waals surface area (Å²) in [5.74, 6) is -1.40. The molecular weight excluding hydrogens is 496 g/mol. The van der Waals surface area contributed by atoms with Gasteiger partial charge in [0.1, 0.15) is 0 Å². The van der Waals surface area contributed by atoms with Crippen molar-refractivity contribution in [2.75, 3.05) is 24.4 Å². The van der Waals surface area contributed by atoms with E-state index < -0.39 is 11.8 Å². The Hall–Kier alpha value is -4.37. The fraction of sp³-hybridized carbons (Fsp3) is 0.185. The van der Waals surface area contributed by atoms with E-state index in [0.717, 1.165) is 11.1 Å². The molecule has 0 spiro atoms. The van der Waals surface area contributed by atoms with Crippen molar-refractivity contribution in [3.8, 4) is 11.5 Å². The minimum absolute atomic E-state index is 0.248. The van der Waals surface area contributed by atoms with Crippen LogP contribution in [0, 0.1) is 6.92 Å². The summed E-state index contributed by atoms with van der Waals surface area (Å²) in [6, 6.07) is 17.3. The Labute approximate surface area is 219 Å². The number of hydrazone groups is 1. The van der Waals surface area contributed by atoms with Crippen molar-refractivity contribution in [3.05, 3.63) is 82.4 Å². The smallest absolute Gasteiger partial charge is 0.329 e. The summed E-state index contributed by atoms with van der Waals surface area (Å²) >= 11 is 5.99. The zero-order valence-electron chi connectivity index (χ0n) is 20.6. The summed E-state index contributed by atoms with van der Waals surface area (Å²) in [4.78, 5) is 36.6. The third-order valence-electron chi connectivity index (χ3n) is 5.25. The summed E-state index contributed by atoms with van der Waals surface area (Å²) in [6.45, 7) is 3.56. The summed E-state index contributed by atoms with van der Waals surface area (Å²) in [6.07, 6.45) is 2.07. The third-order valence-corrected chi connectivity index (χ3v) is 5.49. The van der Waals surface area contributed by atoms with Crippen LogP contribution in [0.15, 0.2) is 65.8 Å². The van der Waals surface area contributed by atoms with E-state index >= 15 is 0 Å². The van der Waals surface area contributed by atoms with Crippen molar-refractivity contribution in [2.45, 2.75) is 20.3 Å². The first kappa shape index (κ1) is 27.2. The van der Waals surface area contributed by atoms with Crippen molar-refractivity contribution in [2.24, 2.45) is 5.10 Å². The molecule has 37 heavy (non-hydrogen) atoms. The molecule has 0 unspecified atom stereocenters. The topological polar surface area (TPSA) is 118 Å². The van der Waals surface area contributed by atoms with Gasteiger partial charge in [-0.05, 0) is 66.4 Å². The zero-order chi connectivity index (χ0) is 26.8. The van der Waals surface area contributed by atoms with E-state index in [1.807, 2.05) is 32.0 Å². The lowest BCUT2D eigenvalue weighted by Crippen LogP contribution is -2.32.